The van der Waals surface area contributed by atoms with Gasteiger partial charge in [-0.3, -0.25) is 19.4 Å². The predicted octanol–water partition coefficient (Wildman–Crippen LogP) is 4.56. The Hall–Kier alpha value is -4.74. The van der Waals surface area contributed by atoms with Crippen molar-refractivity contribution in [2.75, 3.05) is 101 Å². The lowest BCUT2D eigenvalue weighted by Gasteiger charge is -2.36. The number of allylic oxidation sites excluding steroid dienone is 4. The summed E-state index contributed by atoms with van der Waals surface area (Å²) in [6.07, 6.45) is 15.4. The average Bonchev–Trinajstić information content (AvgIpc) is 3.15. The molecule has 0 atom stereocenters. The number of carbonyl (C=O) groups is 2. The summed E-state index contributed by atoms with van der Waals surface area (Å²) in [7, 11) is 8.02. The topological polar surface area (TPSA) is 93.3 Å². The van der Waals surface area contributed by atoms with E-state index in [1.54, 1.807) is 59.9 Å². The molecule has 2 amide bonds. The second-order valence-electron chi connectivity index (χ2n) is 12.1. The van der Waals surface area contributed by atoms with Crippen LogP contribution in [0.2, 0.25) is 0 Å². The molecule has 11 heteroatoms. The molecule has 11 nitrogen and oxygen atoms in total. The molecule has 0 aromatic heterocycles. The number of benzene rings is 2. The van der Waals surface area contributed by atoms with Crippen molar-refractivity contribution in [2.45, 2.75) is 13.3 Å². The minimum absolute atomic E-state index is 0.0186. The molecule has 0 bridgehead atoms. The Morgan fingerprint density at radius 2 is 0.940 bits per heavy atom. The fourth-order valence-electron chi connectivity index (χ4n) is 6.12. The largest absolute Gasteiger partial charge is 0.496 e. The number of piperazine rings is 2. The van der Waals surface area contributed by atoms with Gasteiger partial charge in [0.2, 0.25) is 17.6 Å². The third-order valence-electron chi connectivity index (χ3n) is 9.06. The summed E-state index contributed by atoms with van der Waals surface area (Å²) >= 11 is 0. The highest BCUT2D eigenvalue weighted by molar-refractivity contribution is 5.88. The smallest absolute Gasteiger partial charge is 0.246 e. The second-order valence-corrected chi connectivity index (χ2v) is 12.1. The lowest BCUT2D eigenvalue weighted by Crippen LogP contribution is -2.50. The zero-order chi connectivity index (χ0) is 35.9. The highest BCUT2D eigenvalue weighted by atomic mass is 16.5. The Balaban J connectivity index is 1.11. The van der Waals surface area contributed by atoms with Crippen LogP contribution in [0.25, 0.3) is 12.2 Å². The number of hydrogen-bond donors (Lipinski definition) is 0. The van der Waals surface area contributed by atoms with Gasteiger partial charge in [-0.05, 0) is 61.8 Å². The molecule has 0 aliphatic carbocycles. The van der Waals surface area contributed by atoms with E-state index in [1.165, 1.54) is 0 Å². The molecule has 2 aromatic carbocycles. The first-order chi connectivity index (χ1) is 24.3. The van der Waals surface area contributed by atoms with Gasteiger partial charge in [0.05, 0.1) is 35.5 Å². The first-order valence-corrected chi connectivity index (χ1v) is 17.0. The normalized spacial score (nSPS) is 16.2. The van der Waals surface area contributed by atoms with E-state index in [0.29, 0.717) is 17.2 Å². The maximum absolute atomic E-state index is 12.8. The number of rotatable bonds is 15. The number of amides is 2. The maximum atomic E-state index is 12.8. The quantitative estimate of drug-likeness (QED) is 0.197. The molecule has 270 valence electrons. The van der Waals surface area contributed by atoms with Gasteiger partial charge in [0.1, 0.15) is 11.5 Å². The minimum Gasteiger partial charge on any atom is -0.496 e. The van der Waals surface area contributed by atoms with Gasteiger partial charge in [-0.1, -0.05) is 36.5 Å². The van der Waals surface area contributed by atoms with Crippen molar-refractivity contribution in [1.29, 1.82) is 0 Å². The van der Waals surface area contributed by atoms with Gasteiger partial charge in [0, 0.05) is 70.1 Å². The molecule has 0 N–H and O–H groups in total. The van der Waals surface area contributed by atoms with Crippen LogP contribution in [0.4, 0.5) is 0 Å². The van der Waals surface area contributed by atoms with Crippen molar-refractivity contribution >= 4 is 24.0 Å². The molecule has 2 fully saturated rings. The predicted molar refractivity (Wildman–Crippen MR) is 197 cm³/mol. The summed E-state index contributed by atoms with van der Waals surface area (Å²) in [5.74, 6) is 3.28. The van der Waals surface area contributed by atoms with E-state index in [4.69, 9.17) is 23.7 Å². The van der Waals surface area contributed by atoms with Gasteiger partial charge in [-0.25, -0.2) is 0 Å². The summed E-state index contributed by atoms with van der Waals surface area (Å²) in [5, 5.41) is 0. The summed E-state index contributed by atoms with van der Waals surface area (Å²) in [6.45, 7) is 10.3. The van der Waals surface area contributed by atoms with E-state index in [0.717, 1.165) is 100 Å². The molecule has 0 radical (unpaired) electrons. The van der Waals surface area contributed by atoms with Crippen molar-refractivity contribution in [3.63, 3.8) is 0 Å². The van der Waals surface area contributed by atoms with Gasteiger partial charge in [-0.2, -0.15) is 0 Å². The first-order valence-electron chi connectivity index (χ1n) is 17.0. The second kappa shape index (κ2) is 19.4. The molecule has 2 heterocycles. The Morgan fingerprint density at radius 1 is 0.560 bits per heavy atom. The number of nitrogens with zero attached hydrogens (tertiary/aromatic N) is 4. The highest BCUT2D eigenvalue weighted by Crippen LogP contribution is 2.38. The molecule has 2 saturated heterocycles. The molecule has 0 saturated carbocycles. The summed E-state index contributed by atoms with van der Waals surface area (Å²) < 4.78 is 27.1. The van der Waals surface area contributed by atoms with E-state index in [-0.39, 0.29) is 11.8 Å². The number of methoxy groups -OCH3 is 5. The standard InChI is InChI=1S/C39H52N4O7/c1-30-33(46-2)26-31(27-34(30)47-3)12-7-9-14-37(44)42-22-18-40(19-23-42)16-11-17-41-20-24-43(25-21-41)38(45)15-10-8-13-32-28-35(48-4)39(50-6)36(29-32)49-5/h7-10,12-15,26-29H,11,16-25H2,1-6H3. The van der Waals surface area contributed by atoms with Crippen molar-refractivity contribution in [1.82, 2.24) is 19.6 Å². The Labute approximate surface area is 297 Å². The minimum atomic E-state index is 0.0186. The summed E-state index contributed by atoms with van der Waals surface area (Å²) in [4.78, 5) is 34.2. The number of hydrogen-bond acceptors (Lipinski definition) is 9. The molecular formula is C39H52N4O7. The molecule has 0 spiro atoms. The zero-order valence-electron chi connectivity index (χ0n) is 30.4. The molecular weight excluding hydrogens is 636 g/mol. The van der Waals surface area contributed by atoms with E-state index in [9.17, 15) is 9.59 Å². The lowest BCUT2D eigenvalue weighted by molar-refractivity contribution is -0.128. The van der Waals surface area contributed by atoms with Crippen LogP contribution in [0.5, 0.6) is 28.7 Å². The van der Waals surface area contributed by atoms with Gasteiger partial charge in [-0.15, -0.1) is 0 Å². The van der Waals surface area contributed by atoms with Crippen LogP contribution < -0.4 is 23.7 Å². The molecule has 4 rings (SSSR count). The van der Waals surface area contributed by atoms with Crippen molar-refractivity contribution in [3.05, 3.63) is 77.4 Å². The third-order valence-corrected chi connectivity index (χ3v) is 9.06. The van der Waals surface area contributed by atoms with Gasteiger partial charge in [0.15, 0.2) is 11.5 Å². The summed E-state index contributed by atoms with van der Waals surface area (Å²) in [5.41, 5.74) is 2.77. The maximum Gasteiger partial charge on any atom is 0.246 e. The van der Waals surface area contributed by atoms with E-state index in [1.807, 2.05) is 65.3 Å². The van der Waals surface area contributed by atoms with E-state index < -0.39 is 0 Å². The van der Waals surface area contributed by atoms with Crippen LogP contribution in [0.15, 0.2) is 60.7 Å². The van der Waals surface area contributed by atoms with Crippen LogP contribution in [-0.4, -0.2) is 132 Å². The van der Waals surface area contributed by atoms with Crippen LogP contribution in [0, 0.1) is 6.92 Å². The van der Waals surface area contributed by atoms with Crippen LogP contribution in [0.1, 0.15) is 23.1 Å². The van der Waals surface area contributed by atoms with Crippen molar-refractivity contribution in [2.24, 2.45) is 0 Å². The van der Waals surface area contributed by atoms with Crippen LogP contribution in [0.3, 0.4) is 0 Å². The number of carbonyl (C=O) groups excluding carboxylic acids is 2. The van der Waals surface area contributed by atoms with Gasteiger partial charge >= 0.3 is 0 Å². The van der Waals surface area contributed by atoms with E-state index >= 15 is 0 Å². The van der Waals surface area contributed by atoms with E-state index in [2.05, 4.69) is 9.80 Å². The Morgan fingerprint density at radius 3 is 1.30 bits per heavy atom. The zero-order valence-corrected chi connectivity index (χ0v) is 30.4. The molecule has 0 unspecified atom stereocenters. The van der Waals surface area contributed by atoms with Crippen LogP contribution >= 0.6 is 0 Å². The molecule has 50 heavy (non-hydrogen) atoms. The molecule has 2 aliphatic rings. The molecule has 2 aromatic rings. The molecule has 2 aliphatic heterocycles. The van der Waals surface area contributed by atoms with Gasteiger partial charge in [0.25, 0.3) is 0 Å². The Bertz CT molecular complexity index is 1500. The average molecular weight is 689 g/mol. The third kappa shape index (κ3) is 10.6. The number of ether oxygens (including phenoxy) is 5. The monoisotopic (exact) mass is 688 g/mol. The fourth-order valence-corrected chi connectivity index (χ4v) is 6.12. The Kier molecular flexibility index (Phi) is 14.8. The lowest BCUT2D eigenvalue weighted by atomic mass is 10.1. The first kappa shape index (κ1) is 38.1. The fraction of sp³-hybridized carbons (Fsp3) is 0.436. The van der Waals surface area contributed by atoms with Crippen molar-refractivity contribution < 1.29 is 33.3 Å². The van der Waals surface area contributed by atoms with Crippen molar-refractivity contribution in [3.8, 4) is 28.7 Å². The SMILES string of the molecule is COc1cc(C=CC=CC(=O)N2CCN(CCCN3CCN(C(=O)C=CC=Cc4cc(OC)c(OC)c(OC)c4)CC3)CC2)cc(OC)c1C. The highest BCUT2D eigenvalue weighted by Gasteiger charge is 2.22. The van der Waals surface area contributed by atoms with Crippen LogP contribution in [-0.2, 0) is 9.59 Å². The van der Waals surface area contributed by atoms with Gasteiger partial charge < -0.3 is 33.5 Å². The summed E-state index contributed by atoms with van der Waals surface area (Å²) in [6, 6.07) is 7.61.